The molecule has 0 aliphatic heterocycles. The second-order valence-corrected chi connectivity index (χ2v) is 5.96. The number of imidazole rings is 1. The van der Waals surface area contributed by atoms with E-state index in [1.165, 1.54) is 0 Å². The van der Waals surface area contributed by atoms with Crippen LogP contribution in [0.3, 0.4) is 0 Å². The zero-order valence-corrected chi connectivity index (χ0v) is 15.6. The number of nitrogens with one attached hydrogen (secondary N) is 1. The average molecular weight is 399 g/mol. The van der Waals surface area contributed by atoms with Crippen LogP contribution in [0.25, 0.3) is 0 Å². The number of primary amides is 1. The summed E-state index contributed by atoms with van der Waals surface area (Å²) in [6.07, 6.45) is 1.79. The molecule has 0 atom stereocenters. The fraction of sp³-hybridized carbons (Fsp3) is 0.353. The molecule has 1 amide bonds. The zero-order valence-electron chi connectivity index (χ0n) is 14.9. The molecule has 1 heterocycles. The number of carbonyl (C=O) groups is 2. The molecular formula is C17H23ClN4O5. The van der Waals surface area contributed by atoms with Crippen LogP contribution in [0.4, 0.5) is 0 Å². The fourth-order valence-corrected chi connectivity index (χ4v) is 2.57. The number of halogens is 1. The zero-order chi connectivity index (χ0) is 20.2. The molecule has 0 aliphatic rings. The largest absolute Gasteiger partial charge is 0.483 e. The van der Waals surface area contributed by atoms with E-state index in [-0.39, 0.29) is 19.7 Å². The van der Waals surface area contributed by atoms with Gasteiger partial charge in [0.15, 0.2) is 6.61 Å². The number of amides is 1. The highest BCUT2D eigenvalue weighted by Crippen LogP contribution is 2.26. The van der Waals surface area contributed by atoms with Crippen molar-refractivity contribution in [2.24, 2.45) is 5.73 Å². The number of aliphatic hydroxyl groups is 1. The summed E-state index contributed by atoms with van der Waals surface area (Å²) in [7, 11) is 0. The van der Waals surface area contributed by atoms with Crippen LogP contribution < -0.4 is 10.5 Å². The van der Waals surface area contributed by atoms with Crippen molar-refractivity contribution in [2.45, 2.75) is 20.0 Å². The van der Waals surface area contributed by atoms with Crippen molar-refractivity contribution in [3.8, 4) is 5.75 Å². The predicted octanol–water partition coefficient (Wildman–Crippen LogP) is 0.931. The first kappa shape index (κ1) is 22.4. The van der Waals surface area contributed by atoms with E-state index in [1.807, 2.05) is 13.0 Å². The molecule has 1 aromatic carbocycles. The lowest BCUT2D eigenvalue weighted by Crippen LogP contribution is -2.26. The van der Waals surface area contributed by atoms with Crippen LogP contribution in [-0.2, 0) is 22.7 Å². The number of carbonyl (C=O) groups excluding carboxylic acids is 1. The van der Waals surface area contributed by atoms with Gasteiger partial charge in [0.25, 0.3) is 12.4 Å². The minimum absolute atomic E-state index is 0.0562. The third-order valence-electron chi connectivity index (χ3n) is 3.34. The first-order valence-corrected chi connectivity index (χ1v) is 8.38. The Morgan fingerprint density at radius 1 is 1.44 bits per heavy atom. The maximum Gasteiger partial charge on any atom is 0.290 e. The number of aromatic nitrogens is 2. The molecule has 0 saturated heterocycles. The molecule has 0 fully saturated rings. The van der Waals surface area contributed by atoms with E-state index >= 15 is 0 Å². The summed E-state index contributed by atoms with van der Waals surface area (Å²) in [5, 5.41) is 16.6. The van der Waals surface area contributed by atoms with Gasteiger partial charge < -0.3 is 25.7 Å². The Hall–Kier alpha value is -2.62. The van der Waals surface area contributed by atoms with Gasteiger partial charge in [-0.25, -0.2) is 4.98 Å². The molecule has 0 spiro atoms. The topological polar surface area (TPSA) is 142 Å². The molecule has 0 radical (unpaired) electrons. The van der Waals surface area contributed by atoms with Crippen molar-refractivity contribution < 1.29 is 24.5 Å². The van der Waals surface area contributed by atoms with E-state index in [2.05, 4.69) is 14.9 Å². The third kappa shape index (κ3) is 8.54. The molecule has 1 aromatic heterocycles. The molecule has 148 valence electrons. The lowest BCUT2D eigenvalue weighted by atomic mass is 10.2. The fourth-order valence-electron chi connectivity index (χ4n) is 2.32. The number of hydrogen-bond acceptors (Lipinski definition) is 6. The molecule has 0 unspecified atom stereocenters. The number of hydrogen-bond donors (Lipinski definition) is 4. The van der Waals surface area contributed by atoms with Crippen molar-refractivity contribution in [1.29, 1.82) is 0 Å². The number of carboxylic acid groups (broad SMARTS) is 1. The van der Waals surface area contributed by atoms with Crippen molar-refractivity contribution in [2.75, 3.05) is 19.8 Å². The normalized spacial score (nSPS) is 10.2. The maximum absolute atomic E-state index is 10.8. The second-order valence-electron chi connectivity index (χ2n) is 5.55. The molecule has 0 bridgehead atoms. The van der Waals surface area contributed by atoms with Crippen LogP contribution in [-0.4, -0.2) is 57.2 Å². The molecule has 2 aromatic rings. The lowest BCUT2D eigenvalue weighted by Gasteiger charge is -2.21. The Kier molecular flexibility index (Phi) is 9.88. The maximum atomic E-state index is 10.8. The van der Waals surface area contributed by atoms with Gasteiger partial charge in [0.05, 0.1) is 11.6 Å². The van der Waals surface area contributed by atoms with Gasteiger partial charge in [-0.2, -0.15) is 0 Å². The summed E-state index contributed by atoms with van der Waals surface area (Å²) in [5.41, 5.74) is 7.00. The number of H-pyrrole nitrogens is 1. The quantitative estimate of drug-likeness (QED) is 0.460. The SMILES string of the molecule is Cc1ncc(CN(CCO)Cc2ccc(OCC(N)=O)c(Cl)c2)[nH]1.O=CO. The van der Waals surface area contributed by atoms with E-state index in [4.69, 9.17) is 32.0 Å². The Balaban J connectivity index is 0.00000114. The van der Waals surface area contributed by atoms with Gasteiger partial charge in [-0.05, 0) is 24.6 Å². The minimum atomic E-state index is -0.556. The Bertz CT molecular complexity index is 738. The minimum Gasteiger partial charge on any atom is -0.483 e. The summed E-state index contributed by atoms with van der Waals surface area (Å²) < 4.78 is 5.23. The van der Waals surface area contributed by atoms with Crippen LogP contribution in [0.5, 0.6) is 5.75 Å². The predicted molar refractivity (Wildman–Crippen MR) is 99.4 cm³/mol. The number of nitrogens with two attached hydrogens (primary N) is 1. The summed E-state index contributed by atoms with van der Waals surface area (Å²) >= 11 is 6.18. The van der Waals surface area contributed by atoms with E-state index in [1.54, 1.807) is 18.3 Å². The standard InChI is InChI=1S/C16H21ClN4O3.CH2O2/c1-11-19-7-13(20-11)9-21(4-5-22)8-12-2-3-15(14(17)6-12)24-10-16(18)23;2-1-3/h2-3,6-7,22H,4-5,8-10H2,1H3,(H2,18,23)(H,19,20);1H,(H,2,3). The van der Waals surface area contributed by atoms with Crippen molar-refractivity contribution in [3.63, 3.8) is 0 Å². The van der Waals surface area contributed by atoms with E-state index in [0.717, 1.165) is 17.1 Å². The smallest absolute Gasteiger partial charge is 0.290 e. The molecule has 10 heteroatoms. The number of aryl methyl sites for hydroxylation is 1. The van der Waals surface area contributed by atoms with Crippen LogP contribution in [0, 0.1) is 6.92 Å². The first-order valence-electron chi connectivity index (χ1n) is 8.00. The van der Waals surface area contributed by atoms with Crippen molar-refractivity contribution >= 4 is 24.0 Å². The van der Waals surface area contributed by atoms with Gasteiger partial charge in [-0.3, -0.25) is 14.5 Å². The van der Waals surface area contributed by atoms with E-state index < -0.39 is 5.91 Å². The van der Waals surface area contributed by atoms with Crippen LogP contribution >= 0.6 is 11.6 Å². The van der Waals surface area contributed by atoms with Crippen LogP contribution in [0.15, 0.2) is 24.4 Å². The number of aliphatic hydroxyl groups excluding tert-OH is 1. The third-order valence-corrected chi connectivity index (χ3v) is 3.63. The highest BCUT2D eigenvalue weighted by Gasteiger charge is 2.11. The molecule has 5 N–H and O–H groups in total. The Morgan fingerprint density at radius 2 is 2.15 bits per heavy atom. The highest BCUT2D eigenvalue weighted by atomic mass is 35.5. The molecule has 27 heavy (non-hydrogen) atoms. The summed E-state index contributed by atoms with van der Waals surface area (Å²) in [5.74, 6) is 0.712. The number of aromatic amines is 1. The average Bonchev–Trinajstić information content (AvgIpc) is 3.00. The molecular weight excluding hydrogens is 376 g/mol. The van der Waals surface area contributed by atoms with Gasteiger partial charge >= 0.3 is 0 Å². The van der Waals surface area contributed by atoms with Gasteiger partial charge in [0, 0.05) is 31.5 Å². The number of nitrogens with zero attached hydrogens (tertiary/aromatic N) is 2. The Morgan fingerprint density at radius 3 is 2.67 bits per heavy atom. The first-order chi connectivity index (χ1) is 12.9. The van der Waals surface area contributed by atoms with E-state index in [0.29, 0.717) is 30.4 Å². The van der Waals surface area contributed by atoms with Crippen LogP contribution in [0.1, 0.15) is 17.1 Å². The second kappa shape index (κ2) is 11.9. The van der Waals surface area contributed by atoms with Gasteiger partial charge in [0.1, 0.15) is 11.6 Å². The molecule has 9 nitrogen and oxygen atoms in total. The van der Waals surface area contributed by atoms with Gasteiger partial charge in [-0.15, -0.1) is 0 Å². The number of rotatable bonds is 9. The summed E-state index contributed by atoms with van der Waals surface area (Å²) in [4.78, 5) is 28.5. The van der Waals surface area contributed by atoms with Gasteiger partial charge in [0.2, 0.25) is 0 Å². The summed E-state index contributed by atoms with van der Waals surface area (Å²) in [6, 6.07) is 5.35. The van der Waals surface area contributed by atoms with Gasteiger partial charge in [-0.1, -0.05) is 17.7 Å². The van der Waals surface area contributed by atoms with Crippen molar-refractivity contribution in [3.05, 3.63) is 46.5 Å². The highest BCUT2D eigenvalue weighted by molar-refractivity contribution is 6.32. The Labute approximate surface area is 161 Å². The number of benzene rings is 1. The molecule has 2 rings (SSSR count). The summed E-state index contributed by atoms with van der Waals surface area (Å²) in [6.45, 7) is 3.25. The number of ether oxygens (including phenoxy) is 1. The lowest BCUT2D eigenvalue weighted by molar-refractivity contribution is -0.123. The van der Waals surface area contributed by atoms with E-state index in [9.17, 15) is 9.90 Å². The van der Waals surface area contributed by atoms with Crippen LogP contribution in [0.2, 0.25) is 5.02 Å². The molecule has 0 aliphatic carbocycles. The monoisotopic (exact) mass is 398 g/mol. The van der Waals surface area contributed by atoms with Crippen molar-refractivity contribution in [1.82, 2.24) is 14.9 Å². The molecule has 0 saturated carbocycles.